The van der Waals surface area contributed by atoms with Crippen LogP contribution in [0.1, 0.15) is 10.4 Å². The summed E-state index contributed by atoms with van der Waals surface area (Å²) < 4.78 is 13.1. The summed E-state index contributed by atoms with van der Waals surface area (Å²) in [7, 11) is -1.84. The second-order valence-corrected chi connectivity index (χ2v) is 3.39. The normalized spacial score (nSPS) is 10.0. The molecular formula is C7H5BBrFO4. The molecule has 0 atom stereocenters. The quantitative estimate of drug-likeness (QED) is 0.654. The van der Waals surface area contributed by atoms with Gasteiger partial charge in [-0.05, 0) is 17.6 Å². The van der Waals surface area contributed by atoms with Gasteiger partial charge in [-0.1, -0.05) is 15.9 Å². The van der Waals surface area contributed by atoms with Crippen molar-refractivity contribution < 1.29 is 24.3 Å². The second-order valence-electron chi connectivity index (χ2n) is 2.53. The number of carbonyl (C=O) groups is 1. The van der Waals surface area contributed by atoms with Gasteiger partial charge in [-0.2, -0.15) is 0 Å². The molecule has 0 aliphatic rings. The highest BCUT2D eigenvalue weighted by Gasteiger charge is 2.20. The summed E-state index contributed by atoms with van der Waals surface area (Å²) in [6, 6.07) is 1.74. The summed E-state index contributed by atoms with van der Waals surface area (Å²) in [6.45, 7) is 0. The van der Waals surface area contributed by atoms with E-state index in [1.165, 1.54) is 0 Å². The van der Waals surface area contributed by atoms with Gasteiger partial charge in [0.2, 0.25) is 0 Å². The average Bonchev–Trinajstić information content (AvgIpc) is 2.02. The lowest BCUT2D eigenvalue weighted by molar-refractivity contribution is 0.0692. The van der Waals surface area contributed by atoms with E-state index >= 15 is 0 Å². The first-order valence-electron chi connectivity index (χ1n) is 3.52. The molecule has 3 N–H and O–H groups in total. The third kappa shape index (κ3) is 2.12. The smallest absolute Gasteiger partial charge is 0.478 e. The fourth-order valence-electron chi connectivity index (χ4n) is 0.927. The number of carboxylic acids is 1. The van der Waals surface area contributed by atoms with Gasteiger partial charge < -0.3 is 15.2 Å². The standard InChI is InChI=1S/C7H5BBrFO4/c9-5-2-6(10)3(7(11)12)1-4(5)8(13)14/h1-2,13-14H,(H,11,12). The van der Waals surface area contributed by atoms with Crippen LogP contribution in [0.3, 0.4) is 0 Å². The molecule has 0 radical (unpaired) electrons. The predicted octanol–water partition coefficient (Wildman–Crippen LogP) is -0.0338. The number of hydrogen-bond acceptors (Lipinski definition) is 3. The molecule has 0 heterocycles. The third-order valence-electron chi connectivity index (χ3n) is 1.59. The van der Waals surface area contributed by atoms with Gasteiger partial charge in [0.05, 0.1) is 5.56 Å². The van der Waals surface area contributed by atoms with Gasteiger partial charge in [0.25, 0.3) is 0 Å². The molecule has 0 bridgehead atoms. The van der Waals surface area contributed by atoms with Gasteiger partial charge in [0, 0.05) is 4.47 Å². The summed E-state index contributed by atoms with van der Waals surface area (Å²) in [4.78, 5) is 10.5. The Morgan fingerprint density at radius 2 is 2.00 bits per heavy atom. The first kappa shape index (κ1) is 11.2. The second kappa shape index (κ2) is 4.08. The topological polar surface area (TPSA) is 77.8 Å². The maximum atomic E-state index is 13.0. The van der Waals surface area contributed by atoms with Crippen LogP contribution in [0.4, 0.5) is 4.39 Å². The molecule has 1 aromatic carbocycles. The highest BCUT2D eigenvalue weighted by atomic mass is 79.9. The molecule has 74 valence electrons. The molecule has 1 aromatic rings. The molecule has 0 aromatic heterocycles. The number of halogens is 2. The van der Waals surface area contributed by atoms with E-state index < -0.39 is 24.5 Å². The van der Waals surface area contributed by atoms with E-state index in [1.807, 2.05) is 0 Å². The summed E-state index contributed by atoms with van der Waals surface area (Å²) in [5.41, 5.74) is -0.694. The predicted molar refractivity (Wildman–Crippen MR) is 50.9 cm³/mol. The Bertz CT molecular complexity index is 382. The Morgan fingerprint density at radius 3 is 2.43 bits per heavy atom. The Morgan fingerprint density at radius 1 is 1.43 bits per heavy atom. The van der Waals surface area contributed by atoms with E-state index in [2.05, 4.69) is 15.9 Å². The fraction of sp³-hybridized carbons (Fsp3) is 0. The zero-order valence-electron chi connectivity index (χ0n) is 6.74. The van der Waals surface area contributed by atoms with Gasteiger partial charge in [-0.25, -0.2) is 9.18 Å². The zero-order chi connectivity index (χ0) is 10.9. The van der Waals surface area contributed by atoms with E-state index in [-0.39, 0.29) is 9.94 Å². The monoisotopic (exact) mass is 262 g/mol. The van der Waals surface area contributed by atoms with E-state index in [4.69, 9.17) is 15.2 Å². The van der Waals surface area contributed by atoms with Crippen LogP contribution in [0, 0.1) is 5.82 Å². The van der Waals surface area contributed by atoms with Crippen molar-refractivity contribution in [1.29, 1.82) is 0 Å². The molecule has 0 aliphatic heterocycles. The molecule has 0 saturated carbocycles. The Hall–Kier alpha value is -0.915. The highest BCUT2D eigenvalue weighted by Crippen LogP contribution is 2.13. The van der Waals surface area contributed by atoms with Gasteiger partial charge in [-0.15, -0.1) is 0 Å². The first-order chi connectivity index (χ1) is 6.43. The molecule has 0 fully saturated rings. The number of carboxylic acid groups (broad SMARTS) is 1. The minimum absolute atomic E-state index is 0.0937. The van der Waals surface area contributed by atoms with E-state index in [0.29, 0.717) is 0 Å². The van der Waals surface area contributed by atoms with Crippen LogP contribution in [0.5, 0.6) is 0 Å². The molecule has 0 unspecified atom stereocenters. The molecule has 0 saturated heterocycles. The van der Waals surface area contributed by atoms with Crippen molar-refractivity contribution in [2.24, 2.45) is 0 Å². The molecule has 1 rings (SSSR count). The van der Waals surface area contributed by atoms with Crippen LogP contribution in [-0.4, -0.2) is 28.2 Å². The minimum atomic E-state index is -1.84. The van der Waals surface area contributed by atoms with Crippen molar-refractivity contribution in [3.63, 3.8) is 0 Å². The fourth-order valence-corrected chi connectivity index (χ4v) is 1.45. The van der Waals surface area contributed by atoms with Gasteiger partial charge in [0.1, 0.15) is 5.82 Å². The molecule has 4 nitrogen and oxygen atoms in total. The summed E-state index contributed by atoms with van der Waals surface area (Å²) in [5, 5.41) is 26.2. The van der Waals surface area contributed by atoms with Crippen molar-refractivity contribution in [1.82, 2.24) is 0 Å². The average molecular weight is 263 g/mol. The van der Waals surface area contributed by atoms with Crippen LogP contribution in [0.2, 0.25) is 0 Å². The molecule has 0 spiro atoms. The lowest BCUT2D eigenvalue weighted by Crippen LogP contribution is -2.32. The largest absolute Gasteiger partial charge is 0.489 e. The molecule has 14 heavy (non-hydrogen) atoms. The lowest BCUT2D eigenvalue weighted by atomic mass is 9.79. The van der Waals surface area contributed by atoms with Crippen LogP contribution >= 0.6 is 15.9 Å². The lowest BCUT2D eigenvalue weighted by Gasteiger charge is -2.05. The molecule has 7 heteroatoms. The maximum absolute atomic E-state index is 13.0. The van der Waals surface area contributed by atoms with E-state index in [0.717, 1.165) is 12.1 Å². The Kier molecular flexibility index (Phi) is 3.25. The SMILES string of the molecule is O=C(O)c1cc(B(O)O)c(Br)cc1F. The molecule has 0 aliphatic carbocycles. The van der Waals surface area contributed by atoms with Crippen molar-refractivity contribution in [3.8, 4) is 0 Å². The Balaban J connectivity index is 3.34. The number of benzene rings is 1. The first-order valence-corrected chi connectivity index (χ1v) is 4.31. The van der Waals surface area contributed by atoms with Crippen molar-refractivity contribution in [3.05, 3.63) is 28.0 Å². The third-order valence-corrected chi connectivity index (χ3v) is 2.28. The minimum Gasteiger partial charge on any atom is -0.478 e. The molecule has 0 amide bonds. The summed E-state index contributed by atoms with van der Waals surface area (Å²) >= 11 is 2.88. The van der Waals surface area contributed by atoms with Crippen molar-refractivity contribution in [2.45, 2.75) is 0 Å². The van der Waals surface area contributed by atoms with Crippen LogP contribution in [0.25, 0.3) is 0 Å². The zero-order valence-corrected chi connectivity index (χ0v) is 8.32. The number of rotatable bonds is 2. The van der Waals surface area contributed by atoms with Gasteiger partial charge >= 0.3 is 13.1 Å². The van der Waals surface area contributed by atoms with Crippen LogP contribution < -0.4 is 5.46 Å². The van der Waals surface area contributed by atoms with E-state index in [9.17, 15) is 9.18 Å². The van der Waals surface area contributed by atoms with Crippen molar-refractivity contribution >= 4 is 34.5 Å². The van der Waals surface area contributed by atoms with Crippen LogP contribution in [0.15, 0.2) is 16.6 Å². The summed E-state index contributed by atoms with van der Waals surface area (Å²) in [6.07, 6.45) is 0. The van der Waals surface area contributed by atoms with Crippen LogP contribution in [-0.2, 0) is 0 Å². The highest BCUT2D eigenvalue weighted by molar-refractivity contribution is 9.10. The van der Waals surface area contributed by atoms with E-state index in [1.54, 1.807) is 0 Å². The molecular weight excluding hydrogens is 258 g/mol. The number of aromatic carboxylic acids is 1. The summed E-state index contributed by atoms with van der Waals surface area (Å²) in [5.74, 6) is -2.40. The van der Waals surface area contributed by atoms with Gasteiger partial charge in [-0.3, -0.25) is 0 Å². The van der Waals surface area contributed by atoms with Crippen molar-refractivity contribution in [2.75, 3.05) is 0 Å². The number of hydrogen-bond donors (Lipinski definition) is 3. The van der Waals surface area contributed by atoms with Gasteiger partial charge in [0.15, 0.2) is 0 Å². The maximum Gasteiger partial charge on any atom is 0.489 e. The Labute approximate surface area is 87.3 Å².